The van der Waals surface area contributed by atoms with Gasteiger partial charge < -0.3 is 10.1 Å². The van der Waals surface area contributed by atoms with E-state index in [1.165, 1.54) is 30.4 Å². The highest BCUT2D eigenvalue weighted by atomic mass is 19.4. The molecule has 2 aliphatic rings. The molecule has 0 atom stereocenters. The number of allylic oxidation sites excluding steroid dienone is 4. The van der Waals surface area contributed by atoms with Gasteiger partial charge in [0, 0.05) is 17.8 Å². The van der Waals surface area contributed by atoms with Crippen LogP contribution in [0.25, 0.3) is 0 Å². The summed E-state index contributed by atoms with van der Waals surface area (Å²) in [4.78, 5) is 12.4. The third-order valence-corrected chi connectivity index (χ3v) is 3.98. The van der Waals surface area contributed by atoms with Crippen molar-refractivity contribution in [3.8, 4) is 11.8 Å². The smallest absolute Gasteiger partial charge is 0.422 e. The number of hydrogen-bond acceptors (Lipinski definition) is 3. The minimum Gasteiger partial charge on any atom is -0.483 e. The van der Waals surface area contributed by atoms with Crippen LogP contribution in [0.15, 0.2) is 66.3 Å². The summed E-state index contributed by atoms with van der Waals surface area (Å²) in [5, 5.41) is 11.7. The predicted octanol–water partition coefficient (Wildman–Crippen LogP) is 4.12. The normalized spacial score (nSPS) is 18.2. The highest BCUT2D eigenvalue weighted by molar-refractivity contribution is 6.06. The number of anilines is 1. The maximum atomic E-state index is 13.0. The number of halogens is 4. The van der Waals surface area contributed by atoms with Gasteiger partial charge in [0.15, 0.2) is 24.7 Å². The highest BCUT2D eigenvalue weighted by Gasteiger charge is 2.29. The van der Waals surface area contributed by atoms with Crippen LogP contribution in [-0.4, -0.2) is 29.0 Å². The number of benzene rings is 1. The Labute approximate surface area is 163 Å². The molecule has 1 aromatic rings. The number of nitrogens with zero attached hydrogens (tertiary/aromatic N) is 2. The summed E-state index contributed by atoms with van der Waals surface area (Å²) >= 11 is 0. The summed E-state index contributed by atoms with van der Waals surface area (Å²) in [6.07, 6.45) is 4.99. The molecule has 0 radical (unpaired) electrons. The average Bonchev–Trinajstić information content (AvgIpc) is 3.17. The van der Waals surface area contributed by atoms with Crippen LogP contribution in [0.2, 0.25) is 0 Å². The molecule has 1 heterocycles. The lowest BCUT2D eigenvalue weighted by molar-refractivity contribution is -0.374. The Morgan fingerprint density at radius 1 is 1.28 bits per heavy atom. The molecule has 0 unspecified atom stereocenters. The van der Waals surface area contributed by atoms with Gasteiger partial charge in [-0.3, -0.25) is 4.79 Å². The minimum atomic E-state index is -4.53. The van der Waals surface area contributed by atoms with E-state index in [1.54, 1.807) is 35.2 Å². The quantitative estimate of drug-likeness (QED) is 0.607. The molecule has 29 heavy (non-hydrogen) atoms. The van der Waals surface area contributed by atoms with Gasteiger partial charge in [-0.15, -0.1) is 0 Å². The Morgan fingerprint density at radius 3 is 2.72 bits per heavy atom. The summed E-state index contributed by atoms with van der Waals surface area (Å²) in [6, 6.07) is 5.50. The van der Waals surface area contributed by atoms with Crippen molar-refractivity contribution >= 4 is 17.3 Å². The number of hydrogen-bond donors (Lipinski definition) is 1. The number of nitriles is 1. The Morgan fingerprint density at radius 2 is 2.07 bits per heavy atom. The molecule has 0 fully saturated rings. The molecule has 3 rings (SSSR count). The maximum absolute atomic E-state index is 13.0. The summed E-state index contributed by atoms with van der Waals surface area (Å²) < 4.78 is 56.2. The van der Waals surface area contributed by atoms with Crippen LogP contribution in [-0.2, 0) is 4.79 Å². The molecule has 148 valence electrons. The van der Waals surface area contributed by atoms with Crippen LogP contribution in [0.1, 0.15) is 12.0 Å². The first kappa shape index (κ1) is 20.1. The number of ether oxygens (including phenoxy) is 1. The van der Waals surface area contributed by atoms with Crippen LogP contribution in [0.3, 0.4) is 0 Å². The summed E-state index contributed by atoms with van der Waals surface area (Å²) in [5.74, 6) is -1.02. The van der Waals surface area contributed by atoms with E-state index in [2.05, 4.69) is 10.1 Å². The zero-order chi connectivity index (χ0) is 21.0. The van der Waals surface area contributed by atoms with Gasteiger partial charge >= 0.3 is 6.18 Å². The van der Waals surface area contributed by atoms with E-state index in [1.807, 2.05) is 0 Å². The lowest BCUT2D eigenvalue weighted by Crippen LogP contribution is -2.19. The van der Waals surface area contributed by atoms with Crippen molar-refractivity contribution in [3.05, 3.63) is 71.9 Å². The number of carbonyl (C=O) groups excluding carboxylic acids is 1. The van der Waals surface area contributed by atoms with Gasteiger partial charge in [-0.25, -0.2) is 4.39 Å². The van der Waals surface area contributed by atoms with E-state index in [0.717, 1.165) is 5.71 Å². The molecule has 5 nitrogen and oxygen atoms in total. The molecule has 1 amide bonds. The van der Waals surface area contributed by atoms with Crippen molar-refractivity contribution in [1.29, 1.82) is 5.26 Å². The maximum Gasteiger partial charge on any atom is 0.422 e. The van der Waals surface area contributed by atoms with E-state index in [9.17, 15) is 22.4 Å². The topological polar surface area (TPSA) is 65.1 Å². The lowest BCUT2D eigenvalue weighted by atomic mass is 10.1. The van der Waals surface area contributed by atoms with Crippen LogP contribution >= 0.6 is 0 Å². The first-order valence-electron chi connectivity index (χ1n) is 8.38. The van der Waals surface area contributed by atoms with Gasteiger partial charge in [0.2, 0.25) is 0 Å². The fourth-order valence-corrected chi connectivity index (χ4v) is 2.60. The van der Waals surface area contributed by atoms with Gasteiger partial charge in [0.1, 0.15) is 23.2 Å². The molecule has 0 bridgehead atoms. The summed E-state index contributed by atoms with van der Waals surface area (Å²) in [7, 11) is 0. The third-order valence-electron chi connectivity index (χ3n) is 3.98. The minimum absolute atomic E-state index is 0.138. The number of amides is 1. The first-order chi connectivity index (χ1) is 13.7. The van der Waals surface area contributed by atoms with Gasteiger partial charge in [-0.1, -0.05) is 0 Å². The Bertz CT molecular complexity index is 1040. The average molecular weight is 404 g/mol. The molecule has 9 heteroatoms. The number of nitrogens with one attached hydrogen (secondary N) is 1. The molecule has 0 aromatic heterocycles. The van der Waals surface area contributed by atoms with Crippen LogP contribution in [0, 0.1) is 11.3 Å². The van der Waals surface area contributed by atoms with E-state index >= 15 is 0 Å². The van der Waals surface area contributed by atoms with Crippen molar-refractivity contribution in [2.24, 2.45) is 0 Å². The van der Waals surface area contributed by atoms with Gasteiger partial charge in [-0.05, 0) is 30.4 Å². The lowest BCUT2D eigenvalue weighted by Gasteiger charge is -2.11. The largest absolute Gasteiger partial charge is 0.483 e. The van der Waals surface area contributed by atoms with Crippen molar-refractivity contribution < 1.29 is 31.7 Å². The molecular weight excluding hydrogens is 390 g/mol. The van der Waals surface area contributed by atoms with Crippen molar-refractivity contribution in [2.45, 2.75) is 12.6 Å². The second kappa shape index (κ2) is 8.14. The standard InChI is InChI=1S/C20H13F4N3O2/c21-15-1-4-17(5-2-15)27-8-7-13(11-27)19(28)26-16-3-6-18(14(9-16)10-25)29-12-20(22,23)24/h1-4,6-9,11H,5,12H2/p+1. The van der Waals surface area contributed by atoms with Gasteiger partial charge in [0.05, 0.1) is 12.0 Å². The summed E-state index contributed by atoms with van der Waals surface area (Å²) in [6.45, 7) is -1.52. The second-order valence-corrected chi connectivity index (χ2v) is 6.11. The van der Waals surface area contributed by atoms with Gasteiger partial charge in [-0.2, -0.15) is 23.0 Å². The van der Waals surface area contributed by atoms with E-state index in [-0.39, 0.29) is 22.8 Å². The molecule has 1 aromatic carbocycles. The van der Waals surface area contributed by atoms with Crippen LogP contribution < -0.4 is 10.1 Å². The number of alkyl halides is 3. The Balaban J connectivity index is 1.71. The molecular formula is C20H14F4N3O2+. The predicted molar refractivity (Wildman–Crippen MR) is 96.8 cm³/mol. The van der Waals surface area contributed by atoms with Crippen molar-refractivity contribution in [3.63, 3.8) is 0 Å². The molecule has 0 spiro atoms. The second-order valence-electron chi connectivity index (χ2n) is 6.11. The van der Waals surface area contributed by atoms with Crippen LogP contribution in [0.5, 0.6) is 5.75 Å². The van der Waals surface area contributed by atoms with Crippen LogP contribution in [0.4, 0.5) is 23.2 Å². The fourth-order valence-electron chi connectivity index (χ4n) is 2.60. The van der Waals surface area contributed by atoms with E-state index in [0.29, 0.717) is 12.0 Å². The fraction of sp³-hybridized carbons (Fsp3) is 0.150. The zero-order valence-corrected chi connectivity index (χ0v) is 14.8. The Hall–Kier alpha value is -3.67. The van der Waals surface area contributed by atoms with E-state index < -0.39 is 18.7 Å². The Kier molecular flexibility index (Phi) is 5.64. The highest BCUT2D eigenvalue weighted by Crippen LogP contribution is 2.25. The monoisotopic (exact) mass is 404 g/mol. The number of carbonyl (C=O) groups is 1. The third kappa shape index (κ3) is 5.19. The first-order valence-corrected chi connectivity index (χ1v) is 8.38. The van der Waals surface area contributed by atoms with Gasteiger partial charge in [0.25, 0.3) is 5.91 Å². The van der Waals surface area contributed by atoms with Crippen molar-refractivity contribution in [2.75, 3.05) is 11.9 Å². The summed E-state index contributed by atoms with van der Waals surface area (Å²) in [5.41, 5.74) is 1.19. The molecule has 0 saturated heterocycles. The van der Waals surface area contributed by atoms with E-state index in [4.69, 9.17) is 5.26 Å². The molecule has 0 saturated carbocycles. The molecule has 1 aliphatic carbocycles. The molecule has 1 N–H and O–H groups in total. The van der Waals surface area contributed by atoms with Crippen molar-refractivity contribution in [1.82, 2.24) is 0 Å². The SMILES string of the molecule is N#Cc1cc(NC(=O)C2=C[N+](=C3C=CC(F)=CC3)C=C2)ccc1OCC(F)(F)F. The number of rotatable bonds is 4. The zero-order valence-electron chi connectivity index (χ0n) is 14.8. The molecule has 1 aliphatic heterocycles.